The second-order valence-electron chi connectivity index (χ2n) is 8.33. The number of piperidine rings is 1. The average molecular weight is 403 g/mol. The van der Waals surface area contributed by atoms with Crippen molar-refractivity contribution in [1.29, 1.82) is 0 Å². The van der Waals surface area contributed by atoms with Gasteiger partial charge >= 0.3 is 0 Å². The number of benzene rings is 2. The van der Waals surface area contributed by atoms with Crippen LogP contribution in [0.2, 0.25) is 0 Å². The third kappa shape index (κ3) is 4.89. The zero-order chi connectivity index (χ0) is 20.9. The quantitative estimate of drug-likeness (QED) is 0.461. The first kappa shape index (κ1) is 20.6. The summed E-state index contributed by atoms with van der Waals surface area (Å²) in [5.74, 6) is -0.00281. The number of carbonyl (C=O) groups is 1. The molecule has 0 saturated carbocycles. The topological polar surface area (TPSA) is 45.5 Å². The molecule has 4 heteroatoms. The lowest BCUT2D eigenvalue weighted by Gasteiger charge is -2.28. The number of para-hydroxylation sites is 1. The third-order valence-corrected chi connectivity index (χ3v) is 5.89. The standard InChI is InChI=1S/C26H30N2O2/c1-20-9-11-21(12-10-20)26(30)14-13-22-17-28(25-8-4-3-7-24(22)25)19-23(29)18-27-15-5-2-6-16-27/h3-4,7-14,17,23,29H,2,5-6,15-16,18-19H2,1H3/b14-13+/t23-/m0/s1. The van der Waals surface area contributed by atoms with Gasteiger partial charge in [0.05, 0.1) is 6.10 Å². The van der Waals surface area contributed by atoms with Gasteiger partial charge < -0.3 is 14.6 Å². The van der Waals surface area contributed by atoms with Crippen molar-refractivity contribution in [3.63, 3.8) is 0 Å². The molecule has 2 aromatic carbocycles. The Kier molecular flexibility index (Phi) is 6.46. The number of likely N-dealkylation sites (tertiary alicyclic amines) is 1. The van der Waals surface area contributed by atoms with Crippen molar-refractivity contribution in [2.75, 3.05) is 19.6 Å². The molecule has 4 nitrogen and oxygen atoms in total. The fraction of sp³-hybridized carbons (Fsp3) is 0.346. The van der Waals surface area contributed by atoms with Crippen LogP contribution in [0.5, 0.6) is 0 Å². The molecule has 0 aliphatic carbocycles. The van der Waals surface area contributed by atoms with Crippen molar-refractivity contribution >= 4 is 22.8 Å². The SMILES string of the molecule is Cc1ccc(C(=O)/C=C/c2cn(C[C@@H](O)CN3CCCCC3)c3ccccc23)cc1. The Morgan fingerprint density at radius 2 is 1.77 bits per heavy atom. The molecule has 2 heterocycles. The normalized spacial score (nSPS) is 16.3. The van der Waals surface area contributed by atoms with Crippen molar-refractivity contribution in [3.8, 4) is 0 Å². The van der Waals surface area contributed by atoms with Gasteiger partial charge in [-0.15, -0.1) is 0 Å². The maximum Gasteiger partial charge on any atom is 0.185 e. The van der Waals surface area contributed by atoms with Gasteiger partial charge in [0.1, 0.15) is 0 Å². The number of nitrogens with zero attached hydrogens (tertiary/aromatic N) is 2. The summed E-state index contributed by atoms with van der Waals surface area (Å²) in [5.41, 5.74) is 3.91. The minimum absolute atomic E-state index is 0.00281. The summed E-state index contributed by atoms with van der Waals surface area (Å²) >= 11 is 0. The maximum absolute atomic E-state index is 12.5. The lowest BCUT2D eigenvalue weighted by atomic mass is 10.1. The molecule has 3 aromatic rings. The molecule has 156 valence electrons. The fourth-order valence-corrected chi connectivity index (χ4v) is 4.26. The Labute approximate surface area is 178 Å². The molecule has 30 heavy (non-hydrogen) atoms. The van der Waals surface area contributed by atoms with E-state index in [1.165, 1.54) is 19.3 Å². The summed E-state index contributed by atoms with van der Waals surface area (Å²) in [6.45, 7) is 5.44. The minimum atomic E-state index is -0.412. The number of hydrogen-bond acceptors (Lipinski definition) is 3. The summed E-state index contributed by atoms with van der Waals surface area (Å²) in [4.78, 5) is 14.9. The Bertz CT molecular complexity index is 1030. The highest BCUT2D eigenvalue weighted by molar-refractivity contribution is 6.07. The second-order valence-corrected chi connectivity index (χ2v) is 8.33. The largest absolute Gasteiger partial charge is 0.390 e. The highest BCUT2D eigenvalue weighted by atomic mass is 16.3. The third-order valence-electron chi connectivity index (χ3n) is 5.89. The number of aryl methyl sites for hydroxylation is 1. The van der Waals surface area contributed by atoms with Gasteiger partial charge in [-0.25, -0.2) is 0 Å². The molecule has 1 saturated heterocycles. The van der Waals surface area contributed by atoms with Crippen LogP contribution in [0.15, 0.2) is 60.8 Å². The van der Waals surface area contributed by atoms with E-state index < -0.39 is 6.10 Å². The van der Waals surface area contributed by atoms with Crippen LogP contribution in [-0.4, -0.2) is 46.1 Å². The first-order valence-corrected chi connectivity index (χ1v) is 10.9. The van der Waals surface area contributed by atoms with E-state index in [0.717, 1.165) is 35.1 Å². The summed E-state index contributed by atoms with van der Waals surface area (Å²) in [7, 11) is 0. The molecule has 0 spiro atoms. The smallest absolute Gasteiger partial charge is 0.185 e. The summed E-state index contributed by atoms with van der Waals surface area (Å²) in [6.07, 6.45) is 8.91. The highest BCUT2D eigenvalue weighted by Crippen LogP contribution is 2.23. The molecule has 0 unspecified atom stereocenters. The number of carbonyl (C=O) groups excluding carboxylic acids is 1. The van der Waals surface area contributed by atoms with Crippen molar-refractivity contribution in [1.82, 2.24) is 9.47 Å². The average Bonchev–Trinajstić information content (AvgIpc) is 3.10. The van der Waals surface area contributed by atoms with E-state index in [1.54, 1.807) is 6.08 Å². The Hall–Kier alpha value is -2.69. The van der Waals surface area contributed by atoms with Crippen LogP contribution in [-0.2, 0) is 6.54 Å². The fourth-order valence-electron chi connectivity index (χ4n) is 4.26. The van der Waals surface area contributed by atoms with Gasteiger partial charge in [0, 0.05) is 41.3 Å². The van der Waals surface area contributed by atoms with Crippen LogP contribution in [0.3, 0.4) is 0 Å². The van der Waals surface area contributed by atoms with Crippen LogP contribution in [0.1, 0.15) is 40.7 Å². The number of β-amino-alcohol motifs (C(OH)–C–C–N with tert-alkyl or cyclic N) is 1. The van der Waals surface area contributed by atoms with Crippen LogP contribution >= 0.6 is 0 Å². The number of aromatic nitrogens is 1. The number of rotatable bonds is 7. The molecule has 1 N–H and O–H groups in total. The molecule has 1 aromatic heterocycles. The highest BCUT2D eigenvalue weighted by Gasteiger charge is 2.16. The monoisotopic (exact) mass is 402 g/mol. The molecule has 0 radical (unpaired) electrons. The van der Waals surface area contributed by atoms with E-state index in [0.29, 0.717) is 18.7 Å². The van der Waals surface area contributed by atoms with Crippen LogP contribution in [0.4, 0.5) is 0 Å². The molecule has 1 atom stereocenters. The van der Waals surface area contributed by atoms with Crippen LogP contribution < -0.4 is 0 Å². The zero-order valence-electron chi connectivity index (χ0n) is 17.6. The van der Waals surface area contributed by atoms with Crippen molar-refractivity contribution in [2.45, 2.75) is 38.8 Å². The number of fused-ring (bicyclic) bond motifs is 1. The van der Waals surface area contributed by atoms with Crippen molar-refractivity contribution in [2.24, 2.45) is 0 Å². The first-order chi connectivity index (χ1) is 14.6. The van der Waals surface area contributed by atoms with Crippen molar-refractivity contribution < 1.29 is 9.90 Å². The van der Waals surface area contributed by atoms with Gasteiger partial charge in [-0.3, -0.25) is 4.79 Å². The number of ketones is 1. The summed E-state index contributed by atoms with van der Waals surface area (Å²) in [6, 6.07) is 15.8. The second kappa shape index (κ2) is 9.41. The van der Waals surface area contributed by atoms with Gasteiger partial charge in [-0.2, -0.15) is 0 Å². The zero-order valence-corrected chi connectivity index (χ0v) is 17.6. The van der Waals surface area contributed by atoms with Crippen molar-refractivity contribution in [3.05, 3.63) is 77.5 Å². The minimum Gasteiger partial charge on any atom is -0.390 e. The summed E-state index contributed by atoms with van der Waals surface area (Å²) < 4.78 is 2.11. The Balaban J connectivity index is 1.51. The molecule has 1 aliphatic rings. The predicted molar refractivity (Wildman–Crippen MR) is 123 cm³/mol. The number of aliphatic hydroxyl groups is 1. The molecular weight excluding hydrogens is 372 g/mol. The van der Waals surface area contributed by atoms with Gasteiger partial charge in [0.2, 0.25) is 0 Å². The van der Waals surface area contributed by atoms with Gasteiger partial charge in [0.15, 0.2) is 5.78 Å². The van der Waals surface area contributed by atoms with E-state index in [1.807, 2.05) is 55.6 Å². The van der Waals surface area contributed by atoms with E-state index in [-0.39, 0.29) is 5.78 Å². The van der Waals surface area contributed by atoms with Gasteiger partial charge in [0.25, 0.3) is 0 Å². The first-order valence-electron chi connectivity index (χ1n) is 10.9. The van der Waals surface area contributed by atoms with Gasteiger partial charge in [-0.1, -0.05) is 54.4 Å². The molecular formula is C26H30N2O2. The van der Waals surface area contributed by atoms with E-state index in [9.17, 15) is 9.90 Å². The number of allylic oxidation sites excluding steroid dienone is 1. The molecule has 1 aliphatic heterocycles. The molecule has 0 amide bonds. The summed E-state index contributed by atoms with van der Waals surface area (Å²) in [5, 5.41) is 11.8. The van der Waals surface area contributed by atoms with Crippen LogP contribution in [0, 0.1) is 6.92 Å². The Morgan fingerprint density at radius 3 is 2.53 bits per heavy atom. The van der Waals surface area contributed by atoms with E-state index in [2.05, 4.69) is 21.6 Å². The molecule has 1 fully saturated rings. The van der Waals surface area contributed by atoms with Crippen LogP contribution in [0.25, 0.3) is 17.0 Å². The van der Waals surface area contributed by atoms with Gasteiger partial charge in [-0.05, 0) is 51.1 Å². The molecule has 4 rings (SSSR count). The number of hydrogen-bond donors (Lipinski definition) is 1. The maximum atomic E-state index is 12.5. The predicted octanol–water partition coefficient (Wildman–Crippen LogP) is 4.69. The van der Waals surface area contributed by atoms with E-state index in [4.69, 9.17) is 0 Å². The number of aliphatic hydroxyl groups excluding tert-OH is 1. The lowest BCUT2D eigenvalue weighted by Crippen LogP contribution is -2.37. The lowest BCUT2D eigenvalue weighted by molar-refractivity contribution is 0.0892. The molecule has 0 bridgehead atoms. The van der Waals surface area contributed by atoms with E-state index >= 15 is 0 Å². The Morgan fingerprint density at radius 1 is 1.03 bits per heavy atom.